The summed E-state index contributed by atoms with van der Waals surface area (Å²) in [5, 5.41) is 0. The Morgan fingerprint density at radius 3 is 2.10 bits per heavy atom. The predicted octanol–water partition coefficient (Wildman–Crippen LogP) is 4.90. The molecule has 1 aromatic heterocycles. The molecule has 0 bridgehead atoms. The molecule has 0 saturated heterocycles. The van der Waals surface area contributed by atoms with Crippen LogP contribution in [-0.4, -0.2) is 4.98 Å². The zero-order chi connectivity index (χ0) is 15.2. The van der Waals surface area contributed by atoms with Crippen LogP contribution in [0.3, 0.4) is 0 Å². The summed E-state index contributed by atoms with van der Waals surface area (Å²) >= 11 is 0. The lowest BCUT2D eigenvalue weighted by atomic mass is 10.0. The number of aromatic nitrogens is 1. The minimum atomic E-state index is 0.195. The molecule has 1 rings (SSSR count). The molecule has 1 atom stereocenters. The minimum Gasteiger partial charge on any atom is -0.271 e. The van der Waals surface area contributed by atoms with Gasteiger partial charge in [-0.3, -0.25) is 16.3 Å². The van der Waals surface area contributed by atoms with E-state index in [9.17, 15) is 0 Å². The maximum absolute atomic E-state index is 5.64. The second kappa shape index (κ2) is 12.8. The van der Waals surface area contributed by atoms with Gasteiger partial charge >= 0.3 is 0 Å². The van der Waals surface area contributed by atoms with Gasteiger partial charge in [0.05, 0.1) is 11.7 Å². The molecule has 0 aliphatic heterocycles. The Balaban J connectivity index is 1.98. The van der Waals surface area contributed by atoms with Gasteiger partial charge in [-0.25, -0.2) is 0 Å². The van der Waals surface area contributed by atoms with Gasteiger partial charge < -0.3 is 0 Å². The van der Waals surface area contributed by atoms with E-state index in [1.807, 2.05) is 24.4 Å². The first-order chi connectivity index (χ1) is 10.4. The van der Waals surface area contributed by atoms with Crippen LogP contribution in [0.25, 0.3) is 0 Å². The lowest BCUT2D eigenvalue weighted by Crippen LogP contribution is -2.28. The van der Waals surface area contributed by atoms with E-state index in [2.05, 4.69) is 17.3 Å². The second-order valence-electron chi connectivity index (χ2n) is 5.94. The average molecular weight is 291 g/mol. The van der Waals surface area contributed by atoms with Crippen molar-refractivity contribution in [2.75, 3.05) is 0 Å². The largest absolute Gasteiger partial charge is 0.271 e. The number of hydrazine groups is 1. The predicted molar refractivity (Wildman–Crippen MR) is 90.8 cm³/mol. The lowest BCUT2D eigenvalue weighted by molar-refractivity contribution is 0.466. The van der Waals surface area contributed by atoms with Gasteiger partial charge in [-0.1, -0.05) is 77.2 Å². The highest BCUT2D eigenvalue weighted by Crippen LogP contribution is 2.18. The summed E-state index contributed by atoms with van der Waals surface area (Å²) in [6.07, 6.45) is 16.6. The van der Waals surface area contributed by atoms with Crippen molar-refractivity contribution in [2.24, 2.45) is 5.84 Å². The monoisotopic (exact) mass is 291 g/mol. The zero-order valence-corrected chi connectivity index (χ0v) is 13.7. The van der Waals surface area contributed by atoms with Crippen molar-refractivity contribution in [1.82, 2.24) is 10.4 Å². The quantitative estimate of drug-likeness (QED) is 0.309. The minimum absolute atomic E-state index is 0.195. The number of nitrogens with one attached hydrogen (secondary N) is 1. The first-order valence-corrected chi connectivity index (χ1v) is 8.75. The van der Waals surface area contributed by atoms with Crippen molar-refractivity contribution in [3.63, 3.8) is 0 Å². The standard InChI is InChI=1S/C18H33N3/c1-2-3-4-5-6-7-8-9-10-11-15-18(21-19)17-14-12-13-16-20-17/h12-14,16,18,21H,2-11,15,19H2,1H3. The summed E-state index contributed by atoms with van der Waals surface area (Å²) < 4.78 is 0. The molecule has 1 aromatic rings. The highest BCUT2D eigenvalue weighted by atomic mass is 15.2. The number of nitrogens with two attached hydrogens (primary N) is 1. The van der Waals surface area contributed by atoms with Crippen LogP contribution < -0.4 is 11.3 Å². The third-order valence-corrected chi connectivity index (χ3v) is 4.09. The summed E-state index contributed by atoms with van der Waals surface area (Å²) in [7, 11) is 0. The Bertz CT molecular complexity index is 326. The van der Waals surface area contributed by atoms with Crippen LogP contribution in [0.2, 0.25) is 0 Å². The first kappa shape index (κ1) is 18.1. The smallest absolute Gasteiger partial charge is 0.0632 e. The molecule has 1 heterocycles. The Hall–Kier alpha value is -0.930. The molecule has 120 valence electrons. The molecule has 21 heavy (non-hydrogen) atoms. The molecular formula is C18H33N3. The van der Waals surface area contributed by atoms with E-state index in [0.29, 0.717) is 0 Å². The highest BCUT2D eigenvalue weighted by molar-refractivity contribution is 5.08. The maximum atomic E-state index is 5.64. The topological polar surface area (TPSA) is 50.9 Å². The molecule has 1 unspecified atom stereocenters. The number of rotatable bonds is 13. The molecule has 0 spiro atoms. The summed E-state index contributed by atoms with van der Waals surface area (Å²) in [4.78, 5) is 4.37. The van der Waals surface area contributed by atoms with E-state index in [1.54, 1.807) is 0 Å². The maximum Gasteiger partial charge on any atom is 0.0632 e. The van der Waals surface area contributed by atoms with E-state index < -0.39 is 0 Å². The first-order valence-electron chi connectivity index (χ1n) is 8.75. The van der Waals surface area contributed by atoms with Gasteiger partial charge in [0.15, 0.2) is 0 Å². The van der Waals surface area contributed by atoms with Gasteiger partial charge in [0.25, 0.3) is 0 Å². The van der Waals surface area contributed by atoms with Crippen molar-refractivity contribution < 1.29 is 0 Å². The molecule has 0 radical (unpaired) electrons. The highest BCUT2D eigenvalue weighted by Gasteiger charge is 2.09. The van der Waals surface area contributed by atoms with Gasteiger partial charge in [0, 0.05) is 6.20 Å². The Morgan fingerprint density at radius 2 is 1.57 bits per heavy atom. The molecular weight excluding hydrogens is 258 g/mol. The summed E-state index contributed by atoms with van der Waals surface area (Å²) in [5.41, 5.74) is 3.94. The van der Waals surface area contributed by atoms with Crippen LogP contribution in [0.15, 0.2) is 24.4 Å². The molecule has 0 aliphatic carbocycles. The third kappa shape index (κ3) is 8.84. The van der Waals surface area contributed by atoms with Crippen LogP contribution in [-0.2, 0) is 0 Å². The van der Waals surface area contributed by atoms with Gasteiger partial charge in [-0.05, 0) is 18.6 Å². The molecule has 0 aromatic carbocycles. The number of nitrogens with zero attached hydrogens (tertiary/aromatic N) is 1. The van der Waals surface area contributed by atoms with Crippen molar-refractivity contribution in [3.8, 4) is 0 Å². The van der Waals surface area contributed by atoms with Crippen molar-refractivity contribution in [3.05, 3.63) is 30.1 Å². The Kier molecular flexibility index (Phi) is 11.0. The van der Waals surface area contributed by atoms with Gasteiger partial charge in [0.1, 0.15) is 0 Å². The van der Waals surface area contributed by atoms with Gasteiger partial charge in [-0.2, -0.15) is 0 Å². The zero-order valence-electron chi connectivity index (χ0n) is 13.7. The number of unbranched alkanes of at least 4 members (excludes halogenated alkanes) is 9. The van der Waals surface area contributed by atoms with Crippen LogP contribution in [0, 0.1) is 0 Å². The molecule has 3 nitrogen and oxygen atoms in total. The second-order valence-corrected chi connectivity index (χ2v) is 5.94. The molecule has 3 N–H and O–H groups in total. The molecule has 0 saturated carbocycles. The summed E-state index contributed by atoms with van der Waals surface area (Å²) in [6, 6.07) is 6.20. The SMILES string of the molecule is CCCCCCCCCCCCC(NN)c1ccccn1. The third-order valence-electron chi connectivity index (χ3n) is 4.09. The fraction of sp³-hybridized carbons (Fsp3) is 0.722. The van der Waals surface area contributed by atoms with Gasteiger partial charge in [0.2, 0.25) is 0 Å². The van der Waals surface area contributed by atoms with E-state index in [-0.39, 0.29) is 6.04 Å². The normalized spacial score (nSPS) is 12.5. The summed E-state index contributed by atoms with van der Waals surface area (Å²) in [5.74, 6) is 5.64. The van der Waals surface area contributed by atoms with Gasteiger partial charge in [-0.15, -0.1) is 0 Å². The number of hydrogen-bond acceptors (Lipinski definition) is 3. The van der Waals surface area contributed by atoms with Crippen LogP contribution in [0.5, 0.6) is 0 Å². The molecule has 0 fully saturated rings. The average Bonchev–Trinajstić information content (AvgIpc) is 2.54. The van der Waals surface area contributed by atoms with Crippen LogP contribution >= 0.6 is 0 Å². The Labute approximate surface area is 130 Å². The van der Waals surface area contributed by atoms with E-state index in [0.717, 1.165) is 12.1 Å². The number of pyridine rings is 1. The lowest BCUT2D eigenvalue weighted by Gasteiger charge is -2.14. The Morgan fingerprint density at radius 1 is 0.952 bits per heavy atom. The van der Waals surface area contributed by atoms with E-state index >= 15 is 0 Å². The fourth-order valence-electron chi connectivity index (χ4n) is 2.73. The molecule has 0 amide bonds. The van der Waals surface area contributed by atoms with E-state index in [4.69, 9.17) is 5.84 Å². The summed E-state index contributed by atoms with van der Waals surface area (Å²) in [6.45, 7) is 2.27. The fourth-order valence-corrected chi connectivity index (χ4v) is 2.73. The number of hydrogen-bond donors (Lipinski definition) is 2. The van der Waals surface area contributed by atoms with E-state index in [1.165, 1.54) is 64.2 Å². The van der Waals surface area contributed by atoms with Crippen LogP contribution in [0.1, 0.15) is 89.3 Å². The van der Waals surface area contributed by atoms with Crippen molar-refractivity contribution in [2.45, 2.75) is 83.6 Å². The molecule has 0 aliphatic rings. The molecule has 3 heteroatoms. The van der Waals surface area contributed by atoms with Crippen LogP contribution in [0.4, 0.5) is 0 Å². The van der Waals surface area contributed by atoms with Crippen molar-refractivity contribution >= 4 is 0 Å². The van der Waals surface area contributed by atoms with Crippen molar-refractivity contribution in [1.29, 1.82) is 0 Å².